The van der Waals surface area contributed by atoms with E-state index in [4.69, 9.17) is 4.74 Å². The summed E-state index contributed by atoms with van der Waals surface area (Å²) in [4.78, 5) is 12.4. The number of anilines is 1. The molecule has 6 nitrogen and oxygen atoms in total. The van der Waals surface area contributed by atoms with E-state index in [0.717, 1.165) is 9.87 Å². The van der Waals surface area contributed by atoms with E-state index in [2.05, 4.69) is 5.32 Å². The molecule has 7 heteroatoms. The van der Waals surface area contributed by atoms with Crippen molar-refractivity contribution in [3.8, 4) is 5.75 Å². The summed E-state index contributed by atoms with van der Waals surface area (Å²) < 4.78 is 30.8. The Kier molecular flexibility index (Phi) is 5.81. The van der Waals surface area contributed by atoms with Gasteiger partial charge >= 0.3 is 0 Å². The van der Waals surface area contributed by atoms with Crippen molar-refractivity contribution in [3.63, 3.8) is 0 Å². The Labute approximate surface area is 148 Å². The second kappa shape index (κ2) is 7.67. The van der Waals surface area contributed by atoms with Gasteiger partial charge in [0, 0.05) is 19.8 Å². The van der Waals surface area contributed by atoms with Gasteiger partial charge in [0.15, 0.2) is 6.10 Å². The normalized spacial score (nSPS) is 12.7. The first-order chi connectivity index (χ1) is 11.7. The summed E-state index contributed by atoms with van der Waals surface area (Å²) in [6, 6.07) is 13.5. The SMILES string of the molecule is Cc1cccc(O[C@@H](C)C(=O)Nc2ccc(S(=O)(=O)N(C)C)cc2)c1. The largest absolute Gasteiger partial charge is 0.481 e. The fourth-order valence-electron chi connectivity index (χ4n) is 2.11. The zero-order valence-corrected chi connectivity index (χ0v) is 15.5. The molecular weight excluding hydrogens is 340 g/mol. The molecule has 1 amide bonds. The van der Waals surface area contributed by atoms with Gasteiger partial charge in [0.2, 0.25) is 10.0 Å². The standard InChI is InChI=1S/C18H22N2O4S/c1-13-6-5-7-16(12-13)24-14(2)18(21)19-15-8-10-17(11-9-15)25(22,23)20(3)4/h5-12,14H,1-4H3,(H,19,21)/t14-/m0/s1. The number of rotatable bonds is 6. The molecule has 134 valence electrons. The Balaban J connectivity index is 2.03. The highest BCUT2D eigenvalue weighted by Crippen LogP contribution is 2.18. The number of ether oxygens (including phenoxy) is 1. The summed E-state index contributed by atoms with van der Waals surface area (Å²) in [5.41, 5.74) is 1.55. The van der Waals surface area contributed by atoms with Crippen LogP contribution >= 0.6 is 0 Å². The molecule has 0 heterocycles. The van der Waals surface area contributed by atoms with Crippen molar-refractivity contribution < 1.29 is 17.9 Å². The topological polar surface area (TPSA) is 75.7 Å². The zero-order valence-electron chi connectivity index (χ0n) is 14.7. The van der Waals surface area contributed by atoms with Crippen LogP contribution in [0, 0.1) is 6.92 Å². The fraction of sp³-hybridized carbons (Fsp3) is 0.278. The van der Waals surface area contributed by atoms with Crippen LogP contribution in [-0.4, -0.2) is 38.8 Å². The lowest BCUT2D eigenvalue weighted by molar-refractivity contribution is -0.122. The maximum atomic E-state index is 12.2. The molecule has 0 aliphatic heterocycles. The van der Waals surface area contributed by atoms with Gasteiger partial charge < -0.3 is 10.1 Å². The average molecular weight is 362 g/mol. The molecule has 0 aliphatic rings. The van der Waals surface area contributed by atoms with Gasteiger partial charge in [0.1, 0.15) is 5.75 Å². The third-order valence-corrected chi connectivity index (χ3v) is 5.40. The first-order valence-electron chi connectivity index (χ1n) is 7.77. The summed E-state index contributed by atoms with van der Waals surface area (Å²) in [7, 11) is -0.552. The molecule has 0 unspecified atom stereocenters. The third-order valence-electron chi connectivity index (χ3n) is 3.57. The van der Waals surface area contributed by atoms with E-state index < -0.39 is 16.1 Å². The van der Waals surface area contributed by atoms with Crippen molar-refractivity contribution in [1.82, 2.24) is 4.31 Å². The Hall–Kier alpha value is -2.38. The molecule has 0 spiro atoms. The number of aryl methyl sites for hydroxylation is 1. The summed E-state index contributed by atoms with van der Waals surface area (Å²) in [6.07, 6.45) is -0.688. The zero-order chi connectivity index (χ0) is 18.6. The second-order valence-electron chi connectivity index (χ2n) is 5.88. The molecule has 0 aromatic heterocycles. The highest BCUT2D eigenvalue weighted by Gasteiger charge is 2.18. The molecule has 0 saturated heterocycles. The molecule has 0 aliphatic carbocycles. The van der Waals surface area contributed by atoms with Gasteiger partial charge in [-0.15, -0.1) is 0 Å². The minimum absolute atomic E-state index is 0.166. The molecule has 0 fully saturated rings. The molecule has 25 heavy (non-hydrogen) atoms. The highest BCUT2D eigenvalue weighted by molar-refractivity contribution is 7.89. The minimum atomic E-state index is -3.49. The van der Waals surface area contributed by atoms with Crippen LogP contribution in [0.3, 0.4) is 0 Å². The van der Waals surface area contributed by atoms with Gasteiger partial charge in [-0.2, -0.15) is 0 Å². The number of hydrogen-bond acceptors (Lipinski definition) is 4. The van der Waals surface area contributed by atoms with E-state index in [1.807, 2.05) is 25.1 Å². The van der Waals surface area contributed by atoms with Crippen LogP contribution in [0.5, 0.6) is 5.75 Å². The molecule has 0 radical (unpaired) electrons. The number of hydrogen-bond donors (Lipinski definition) is 1. The number of sulfonamides is 1. The number of nitrogens with zero attached hydrogens (tertiary/aromatic N) is 1. The van der Waals surface area contributed by atoms with Crippen LogP contribution in [0.15, 0.2) is 53.4 Å². The molecule has 2 aromatic carbocycles. The summed E-state index contributed by atoms with van der Waals surface area (Å²) in [5, 5.41) is 2.71. The molecular formula is C18H22N2O4S. The lowest BCUT2D eigenvalue weighted by atomic mass is 10.2. The highest BCUT2D eigenvalue weighted by atomic mass is 32.2. The second-order valence-corrected chi connectivity index (χ2v) is 8.03. The van der Waals surface area contributed by atoms with Gasteiger partial charge in [-0.1, -0.05) is 12.1 Å². The van der Waals surface area contributed by atoms with Crippen molar-refractivity contribution in [2.75, 3.05) is 19.4 Å². The average Bonchev–Trinajstić information content (AvgIpc) is 2.55. The number of carbonyl (C=O) groups is 1. The number of nitrogens with one attached hydrogen (secondary N) is 1. The van der Waals surface area contributed by atoms with Crippen molar-refractivity contribution in [2.24, 2.45) is 0 Å². The quantitative estimate of drug-likeness (QED) is 0.857. The summed E-state index contributed by atoms with van der Waals surface area (Å²) in [5.74, 6) is 0.305. The monoisotopic (exact) mass is 362 g/mol. The van der Waals surface area contributed by atoms with E-state index in [9.17, 15) is 13.2 Å². The van der Waals surface area contributed by atoms with Gasteiger partial charge in [-0.05, 0) is 55.8 Å². The molecule has 2 aromatic rings. The smallest absolute Gasteiger partial charge is 0.265 e. The number of benzene rings is 2. The van der Waals surface area contributed by atoms with Gasteiger partial charge in [0.05, 0.1) is 4.90 Å². The Morgan fingerprint density at radius 2 is 1.76 bits per heavy atom. The fourth-order valence-corrected chi connectivity index (χ4v) is 3.01. The molecule has 1 atom stereocenters. The maximum Gasteiger partial charge on any atom is 0.265 e. The molecule has 2 rings (SSSR count). The van der Waals surface area contributed by atoms with Crippen LogP contribution in [0.1, 0.15) is 12.5 Å². The Morgan fingerprint density at radius 3 is 2.32 bits per heavy atom. The van der Waals surface area contributed by atoms with Crippen molar-refractivity contribution in [3.05, 3.63) is 54.1 Å². The molecule has 0 bridgehead atoms. The predicted octanol–water partition coefficient (Wildman–Crippen LogP) is 2.65. The van der Waals surface area contributed by atoms with Crippen LogP contribution in [0.25, 0.3) is 0 Å². The maximum absolute atomic E-state index is 12.2. The van der Waals surface area contributed by atoms with Gasteiger partial charge in [-0.3, -0.25) is 4.79 Å². The van der Waals surface area contributed by atoms with Crippen molar-refractivity contribution in [2.45, 2.75) is 24.8 Å². The van der Waals surface area contributed by atoms with E-state index >= 15 is 0 Å². The van der Waals surface area contributed by atoms with Crippen LogP contribution in [0.2, 0.25) is 0 Å². The van der Waals surface area contributed by atoms with Crippen LogP contribution in [0.4, 0.5) is 5.69 Å². The van der Waals surface area contributed by atoms with E-state index in [-0.39, 0.29) is 10.8 Å². The van der Waals surface area contributed by atoms with Gasteiger partial charge in [0.25, 0.3) is 5.91 Å². The van der Waals surface area contributed by atoms with E-state index in [0.29, 0.717) is 11.4 Å². The molecule has 1 N–H and O–H groups in total. The van der Waals surface area contributed by atoms with E-state index in [1.165, 1.54) is 26.2 Å². The van der Waals surface area contributed by atoms with Crippen molar-refractivity contribution >= 4 is 21.6 Å². The third kappa shape index (κ3) is 4.80. The molecule has 0 saturated carbocycles. The van der Waals surface area contributed by atoms with E-state index in [1.54, 1.807) is 25.1 Å². The van der Waals surface area contributed by atoms with Crippen LogP contribution in [-0.2, 0) is 14.8 Å². The lowest BCUT2D eigenvalue weighted by Crippen LogP contribution is -2.30. The first kappa shape index (κ1) is 19.0. The number of amides is 1. The number of carbonyl (C=O) groups excluding carboxylic acids is 1. The minimum Gasteiger partial charge on any atom is -0.481 e. The lowest BCUT2D eigenvalue weighted by Gasteiger charge is -2.15. The van der Waals surface area contributed by atoms with Crippen molar-refractivity contribution in [1.29, 1.82) is 0 Å². The predicted molar refractivity (Wildman–Crippen MR) is 97.2 cm³/mol. The Morgan fingerprint density at radius 1 is 1.12 bits per heavy atom. The van der Waals surface area contributed by atoms with Gasteiger partial charge in [-0.25, -0.2) is 12.7 Å². The van der Waals surface area contributed by atoms with Crippen LogP contribution < -0.4 is 10.1 Å². The summed E-state index contributed by atoms with van der Waals surface area (Å²) >= 11 is 0. The Bertz CT molecular complexity index is 846. The first-order valence-corrected chi connectivity index (χ1v) is 9.21. The summed E-state index contributed by atoms with van der Waals surface area (Å²) in [6.45, 7) is 3.60.